The van der Waals surface area contributed by atoms with Gasteiger partial charge in [-0.15, -0.1) is 0 Å². The number of thiazole rings is 1. The predicted octanol–water partition coefficient (Wildman–Crippen LogP) is 4.00. The molecule has 4 heterocycles. The lowest BCUT2D eigenvalue weighted by Crippen LogP contribution is -2.40. The van der Waals surface area contributed by atoms with E-state index in [0.29, 0.717) is 26.4 Å². The number of nitrogens with zero attached hydrogens (tertiary/aromatic N) is 4. The highest BCUT2D eigenvalue weighted by Crippen LogP contribution is 2.35. The van der Waals surface area contributed by atoms with Crippen molar-refractivity contribution in [3.05, 3.63) is 102 Å². The molecule has 0 aliphatic carbocycles. The van der Waals surface area contributed by atoms with E-state index >= 15 is 0 Å². The third-order valence-corrected chi connectivity index (χ3v) is 8.60. The van der Waals surface area contributed by atoms with Gasteiger partial charge < -0.3 is 23.7 Å². The number of ether oxygens (including phenoxy) is 3. The van der Waals surface area contributed by atoms with E-state index in [0.717, 1.165) is 39.6 Å². The van der Waals surface area contributed by atoms with Crippen LogP contribution in [-0.4, -0.2) is 42.6 Å². The summed E-state index contributed by atoms with van der Waals surface area (Å²) < 4.78 is 20.8. The Morgan fingerprint density at radius 3 is 2.55 bits per heavy atom. The lowest BCUT2D eigenvalue weighted by atomic mass is 9.95. The van der Waals surface area contributed by atoms with Gasteiger partial charge in [-0.05, 0) is 75.2 Å². The molecule has 0 spiro atoms. The number of rotatable bonds is 6. The van der Waals surface area contributed by atoms with Crippen LogP contribution in [0.5, 0.6) is 11.5 Å². The van der Waals surface area contributed by atoms with Crippen molar-refractivity contribution in [1.29, 1.82) is 0 Å². The molecule has 4 aromatic rings. The first-order chi connectivity index (χ1) is 20.2. The summed E-state index contributed by atoms with van der Waals surface area (Å²) >= 11 is 1.32. The predicted molar refractivity (Wildman–Crippen MR) is 163 cm³/mol. The molecule has 0 saturated heterocycles. The Morgan fingerprint density at radius 2 is 1.83 bits per heavy atom. The zero-order valence-electron chi connectivity index (χ0n) is 24.4. The molecule has 216 valence electrons. The van der Waals surface area contributed by atoms with Crippen LogP contribution in [0.2, 0.25) is 0 Å². The number of allylic oxidation sites excluding steroid dienone is 1. The van der Waals surface area contributed by atoms with Gasteiger partial charge >= 0.3 is 5.97 Å². The van der Waals surface area contributed by atoms with Gasteiger partial charge in [0.25, 0.3) is 5.56 Å². The largest absolute Gasteiger partial charge is 0.463 e. The van der Waals surface area contributed by atoms with E-state index in [1.807, 2.05) is 81.4 Å². The van der Waals surface area contributed by atoms with Crippen LogP contribution in [0.4, 0.5) is 5.69 Å². The highest BCUT2D eigenvalue weighted by molar-refractivity contribution is 7.07. The molecule has 10 heteroatoms. The molecule has 42 heavy (non-hydrogen) atoms. The average Bonchev–Trinajstić information content (AvgIpc) is 3.63. The fraction of sp³-hybridized carbons (Fsp3) is 0.281. The fourth-order valence-corrected chi connectivity index (χ4v) is 6.60. The quantitative estimate of drug-likeness (QED) is 0.319. The Morgan fingerprint density at radius 1 is 1.10 bits per heavy atom. The number of esters is 1. The van der Waals surface area contributed by atoms with E-state index < -0.39 is 12.0 Å². The zero-order valence-corrected chi connectivity index (χ0v) is 25.2. The number of fused-ring (bicyclic) bond motifs is 2. The van der Waals surface area contributed by atoms with Gasteiger partial charge in [-0.1, -0.05) is 23.5 Å². The van der Waals surface area contributed by atoms with E-state index in [9.17, 15) is 9.59 Å². The Kier molecular flexibility index (Phi) is 7.02. The number of aryl methyl sites for hydroxylation is 1. The van der Waals surface area contributed by atoms with Crippen molar-refractivity contribution in [2.24, 2.45) is 4.99 Å². The summed E-state index contributed by atoms with van der Waals surface area (Å²) in [4.78, 5) is 34.5. The Bertz CT molecular complexity index is 1930. The first-order valence-corrected chi connectivity index (χ1v) is 14.6. The maximum atomic E-state index is 14.1. The fourth-order valence-electron chi connectivity index (χ4n) is 5.56. The molecule has 6 rings (SSSR count). The Balaban J connectivity index is 1.48. The minimum atomic E-state index is -0.653. The second-order valence-corrected chi connectivity index (χ2v) is 11.5. The van der Waals surface area contributed by atoms with E-state index in [2.05, 4.69) is 10.6 Å². The lowest BCUT2D eigenvalue weighted by molar-refractivity contribution is -0.139. The minimum Gasteiger partial charge on any atom is -0.463 e. The molecule has 1 atom stereocenters. The number of aromatic nitrogens is 2. The van der Waals surface area contributed by atoms with Crippen LogP contribution in [-0.2, 0) is 9.53 Å². The molecule has 2 aliphatic rings. The van der Waals surface area contributed by atoms with Gasteiger partial charge in [0.2, 0.25) is 6.79 Å². The van der Waals surface area contributed by atoms with E-state index in [1.54, 1.807) is 18.4 Å². The number of carbonyl (C=O) groups is 1. The first kappa shape index (κ1) is 27.6. The van der Waals surface area contributed by atoms with Crippen LogP contribution < -0.4 is 29.3 Å². The molecule has 0 unspecified atom stereocenters. The van der Waals surface area contributed by atoms with Gasteiger partial charge in [0, 0.05) is 42.9 Å². The van der Waals surface area contributed by atoms with Crippen LogP contribution >= 0.6 is 11.3 Å². The molecule has 0 N–H and O–H groups in total. The van der Waals surface area contributed by atoms with E-state index in [1.165, 1.54) is 11.3 Å². The summed E-state index contributed by atoms with van der Waals surface area (Å²) in [5.41, 5.74) is 6.41. The first-order valence-electron chi connectivity index (χ1n) is 13.7. The third kappa shape index (κ3) is 4.61. The van der Waals surface area contributed by atoms with Gasteiger partial charge in [0.1, 0.15) is 0 Å². The smallest absolute Gasteiger partial charge is 0.338 e. The number of carbonyl (C=O) groups excluding carboxylic acids is 1. The van der Waals surface area contributed by atoms with Crippen LogP contribution in [0.1, 0.15) is 42.4 Å². The molecular weight excluding hydrogens is 552 g/mol. The summed E-state index contributed by atoms with van der Waals surface area (Å²) in [6, 6.07) is 15.1. The maximum Gasteiger partial charge on any atom is 0.338 e. The number of anilines is 1. The Labute approximate surface area is 247 Å². The monoisotopic (exact) mass is 584 g/mol. The molecule has 9 nitrogen and oxygen atoms in total. The van der Waals surface area contributed by atoms with Crippen molar-refractivity contribution in [3.63, 3.8) is 0 Å². The summed E-state index contributed by atoms with van der Waals surface area (Å²) in [7, 11) is 3.94. The summed E-state index contributed by atoms with van der Waals surface area (Å²) in [6.45, 7) is 8.06. The maximum absolute atomic E-state index is 14.1. The number of benzene rings is 2. The average molecular weight is 585 g/mol. The summed E-state index contributed by atoms with van der Waals surface area (Å²) in [6.07, 6.45) is 1.91. The minimum absolute atomic E-state index is 0.206. The van der Waals surface area contributed by atoms with Gasteiger partial charge in [0.05, 0.1) is 28.5 Å². The van der Waals surface area contributed by atoms with Crippen LogP contribution in [0.25, 0.3) is 11.8 Å². The van der Waals surface area contributed by atoms with Crippen LogP contribution in [0, 0.1) is 13.8 Å². The molecule has 0 fully saturated rings. The standard InChI is InChI=1S/C32H32N4O5S/c1-7-39-31(38)28-19(3)33-32-36(29(28)21-8-10-23(11-9-21)34(5)6)30(37)27(42-32)15-22-14-18(2)35(20(22)4)24-12-13-25-26(16-24)41-17-40-25/h8-16,29H,7,17H2,1-6H3/b27-15+/t29-/m0/s1. The highest BCUT2D eigenvalue weighted by atomic mass is 32.1. The van der Waals surface area contributed by atoms with Crippen molar-refractivity contribution >= 4 is 29.1 Å². The normalized spacial score (nSPS) is 16.0. The van der Waals surface area contributed by atoms with Gasteiger partial charge in [-0.2, -0.15) is 0 Å². The van der Waals surface area contributed by atoms with Gasteiger partial charge in [-0.3, -0.25) is 9.36 Å². The van der Waals surface area contributed by atoms with Crippen molar-refractivity contribution in [2.75, 3.05) is 32.4 Å². The van der Waals surface area contributed by atoms with Crippen LogP contribution in [0.3, 0.4) is 0 Å². The SMILES string of the molecule is CCOC(=O)C1=C(C)N=c2s/c(=C/c3cc(C)n(-c4ccc5c(c4)OCO5)c3C)c(=O)n2[C@H]1c1ccc(N(C)C)cc1. The molecule has 0 saturated carbocycles. The Hall–Kier alpha value is -4.57. The molecule has 2 aliphatic heterocycles. The molecule has 0 bridgehead atoms. The van der Waals surface area contributed by atoms with E-state index in [-0.39, 0.29) is 19.0 Å². The molecule has 2 aromatic carbocycles. The van der Waals surface area contributed by atoms with Crippen LogP contribution in [0.15, 0.2) is 69.6 Å². The van der Waals surface area contributed by atoms with Crippen molar-refractivity contribution in [2.45, 2.75) is 33.7 Å². The number of hydrogen-bond donors (Lipinski definition) is 0. The lowest BCUT2D eigenvalue weighted by Gasteiger charge is -2.25. The van der Waals surface area contributed by atoms with Crippen molar-refractivity contribution < 1.29 is 19.0 Å². The molecule has 0 radical (unpaired) electrons. The molecular formula is C32H32N4O5S. The van der Waals surface area contributed by atoms with E-state index in [4.69, 9.17) is 19.2 Å². The van der Waals surface area contributed by atoms with Crippen molar-refractivity contribution in [3.8, 4) is 17.2 Å². The highest BCUT2D eigenvalue weighted by Gasteiger charge is 2.33. The zero-order chi connectivity index (χ0) is 29.7. The molecule has 2 aromatic heterocycles. The van der Waals surface area contributed by atoms with Crippen molar-refractivity contribution in [1.82, 2.24) is 9.13 Å². The van der Waals surface area contributed by atoms with Gasteiger partial charge in [-0.25, -0.2) is 9.79 Å². The third-order valence-electron chi connectivity index (χ3n) is 7.61. The van der Waals surface area contributed by atoms with Gasteiger partial charge in [0.15, 0.2) is 16.3 Å². The number of hydrogen-bond acceptors (Lipinski definition) is 8. The summed E-state index contributed by atoms with van der Waals surface area (Å²) in [5, 5.41) is 0. The topological polar surface area (TPSA) is 87.3 Å². The molecule has 0 amide bonds. The second-order valence-electron chi connectivity index (χ2n) is 10.5. The summed E-state index contributed by atoms with van der Waals surface area (Å²) in [5.74, 6) is 0.967. The second kappa shape index (κ2) is 10.7.